The van der Waals surface area contributed by atoms with Crippen molar-refractivity contribution in [1.29, 1.82) is 0 Å². The number of rotatable bonds is 5. The lowest BCUT2D eigenvalue weighted by Gasteiger charge is -2.15. The molecule has 1 aromatic carbocycles. The van der Waals surface area contributed by atoms with Gasteiger partial charge in [-0.25, -0.2) is 13.1 Å². The standard InChI is InChI=1S/C10H14ClNO4S/c1-7-4-8(11)2-3-10(7)17(15,16)12-9(5-13)6-14/h2-4,9,12-14H,5-6H2,1H3. The summed E-state index contributed by atoms with van der Waals surface area (Å²) in [6, 6.07) is 3.47. The molecular formula is C10H14ClNO4S. The van der Waals surface area contributed by atoms with Gasteiger partial charge in [-0.15, -0.1) is 0 Å². The fraction of sp³-hybridized carbons (Fsp3) is 0.400. The summed E-state index contributed by atoms with van der Waals surface area (Å²) in [6.07, 6.45) is 0. The van der Waals surface area contributed by atoms with E-state index in [-0.39, 0.29) is 4.90 Å². The molecule has 0 heterocycles. The monoisotopic (exact) mass is 279 g/mol. The van der Waals surface area contributed by atoms with Crippen LogP contribution in [-0.4, -0.2) is 37.9 Å². The highest BCUT2D eigenvalue weighted by molar-refractivity contribution is 7.89. The molecule has 3 N–H and O–H groups in total. The van der Waals surface area contributed by atoms with Crippen molar-refractivity contribution in [3.63, 3.8) is 0 Å². The van der Waals surface area contributed by atoms with Gasteiger partial charge in [-0.3, -0.25) is 0 Å². The Morgan fingerprint density at radius 2 is 1.94 bits per heavy atom. The number of aliphatic hydroxyl groups is 2. The third-order valence-electron chi connectivity index (χ3n) is 2.19. The third-order valence-corrected chi connectivity index (χ3v) is 4.10. The van der Waals surface area contributed by atoms with Crippen LogP contribution >= 0.6 is 11.6 Å². The van der Waals surface area contributed by atoms with Crippen LogP contribution < -0.4 is 4.72 Å². The van der Waals surface area contributed by atoms with E-state index in [4.69, 9.17) is 21.8 Å². The molecule has 96 valence electrons. The van der Waals surface area contributed by atoms with Crippen molar-refractivity contribution in [2.24, 2.45) is 0 Å². The topological polar surface area (TPSA) is 86.6 Å². The number of sulfonamides is 1. The zero-order valence-electron chi connectivity index (χ0n) is 9.22. The van der Waals surface area contributed by atoms with Gasteiger partial charge >= 0.3 is 0 Å². The molecule has 0 spiro atoms. The molecule has 0 saturated carbocycles. The lowest BCUT2D eigenvalue weighted by atomic mass is 10.2. The highest BCUT2D eigenvalue weighted by Crippen LogP contribution is 2.19. The molecule has 0 saturated heterocycles. The highest BCUT2D eigenvalue weighted by atomic mass is 35.5. The maximum absolute atomic E-state index is 11.9. The first-order chi connectivity index (χ1) is 7.90. The Hall–Kier alpha value is -0.660. The molecule has 0 atom stereocenters. The van der Waals surface area contributed by atoms with E-state index in [1.165, 1.54) is 18.2 Å². The second kappa shape index (κ2) is 5.79. The highest BCUT2D eigenvalue weighted by Gasteiger charge is 2.20. The first-order valence-electron chi connectivity index (χ1n) is 4.91. The van der Waals surface area contributed by atoms with Crippen LogP contribution in [0.2, 0.25) is 5.02 Å². The average molecular weight is 280 g/mol. The van der Waals surface area contributed by atoms with Crippen LogP contribution in [0.5, 0.6) is 0 Å². The predicted molar refractivity (Wildman–Crippen MR) is 64.5 cm³/mol. The number of hydrogen-bond acceptors (Lipinski definition) is 4. The molecule has 0 aliphatic heterocycles. The maximum Gasteiger partial charge on any atom is 0.241 e. The zero-order valence-corrected chi connectivity index (χ0v) is 10.8. The molecule has 0 aromatic heterocycles. The second-order valence-corrected chi connectivity index (χ2v) is 5.71. The molecule has 1 aromatic rings. The smallest absolute Gasteiger partial charge is 0.241 e. The number of benzene rings is 1. The minimum absolute atomic E-state index is 0.0776. The SMILES string of the molecule is Cc1cc(Cl)ccc1S(=O)(=O)NC(CO)CO. The first kappa shape index (κ1) is 14.4. The van der Waals surface area contributed by atoms with Crippen LogP contribution in [0.1, 0.15) is 5.56 Å². The molecule has 7 heteroatoms. The summed E-state index contributed by atoms with van der Waals surface area (Å²) in [5, 5.41) is 18.1. The number of aryl methyl sites for hydroxylation is 1. The van der Waals surface area contributed by atoms with Gasteiger partial charge in [0.05, 0.1) is 24.2 Å². The molecule has 0 fully saturated rings. The van der Waals surface area contributed by atoms with Crippen molar-refractivity contribution in [2.45, 2.75) is 17.9 Å². The molecule has 17 heavy (non-hydrogen) atoms. The largest absolute Gasteiger partial charge is 0.395 e. The van der Waals surface area contributed by atoms with Crippen molar-refractivity contribution >= 4 is 21.6 Å². The summed E-state index contributed by atoms with van der Waals surface area (Å²) < 4.78 is 26.0. The molecule has 1 rings (SSSR count). The van der Waals surface area contributed by atoms with Gasteiger partial charge in [-0.2, -0.15) is 0 Å². The fourth-order valence-corrected chi connectivity index (χ4v) is 3.00. The Morgan fingerprint density at radius 1 is 1.35 bits per heavy atom. The van der Waals surface area contributed by atoms with Crippen molar-refractivity contribution in [3.05, 3.63) is 28.8 Å². The number of hydrogen-bond donors (Lipinski definition) is 3. The van der Waals surface area contributed by atoms with Crippen LogP contribution in [-0.2, 0) is 10.0 Å². The van der Waals surface area contributed by atoms with Gasteiger partial charge in [0.1, 0.15) is 0 Å². The van der Waals surface area contributed by atoms with Crippen molar-refractivity contribution in [1.82, 2.24) is 4.72 Å². The molecule has 0 unspecified atom stereocenters. The Kier molecular flexibility index (Phi) is 4.91. The van der Waals surface area contributed by atoms with Gasteiger partial charge in [0, 0.05) is 5.02 Å². The molecule has 0 aliphatic carbocycles. The van der Waals surface area contributed by atoms with Gasteiger partial charge in [-0.1, -0.05) is 11.6 Å². The average Bonchev–Trinajstić information content (AvgIpc) is 2.25. The van der Waals surface area contributed by atoms with Crippen molar-refractivity contribution < 1.29 is 18.6 Å². The third kappa shape index (κ3) is 3.65. The Labute approximate surface area is 105 Å². The zero-order chi connectivity index (χ0) is 13.1. The van der Waals surface area contributed by atoms with E-state index >= 15 is 0 Å². The van der Waals surface area contributed by atoms with Gasteiger partial charge in [0.2, 0.25) is 10.0 Å². The minimum atomic E-state index is -3.76. The Bertz CT molecular complexity index is 485. The van der Waals surface area contributed by atoms with E-state index < -0.39 is 29.3 Å². The summed E-state index contributed by atoms with van der Waals surface area (Å²) in [4.78, 5) is 0.0776. The molecule has 0 radical (unpaired) electrons. The summed E-state index contributed by atoms with van der Waals surface area (Å²) in [5.74, 6) is 0. The van der Waals surface area contributed by atoms with Crippen LogP contribution in [0.3, 0.4) is 0 Å². The fourth-order valence-electron chi connectivity index (χ4n) is 1.33. The molecule has 0 aliphatic rings. The second-order valence-electron chi connectivity index (χ2n) is 3.59. The normalized spacial score (nSPS) is 12.1. The Morgan fingerprint density at radius 3 is 2.41 bits per heavy atom. The minimum Gasteiger partial charge on any atom is -0.395 e. The Balaban J connectivity index is 3.05. The van der Waals surface area contributed by atoms with Gasteiger partial charge in [0.15, 0.2) is 0 Å². The predicted octanol–water partition coefficient (Wildman–Crippen LogP) is 0.280. The summed E-state index contributed by atoms with van der Waals surface area (Å²) in [7, 11) is -3.76. The van der Waals surface area contributed by atoms with Crippen molar-refractivity contribution in [3.8, 4) is 0 Å². The van der Waals surface area contributed by atoms with E-state index in [9.17, 15) is 8.42 Å². The number of nitrogens with one attached hydrogen (secondary N) is 1. The van der Waals surface area contributed by atoms with Crippen LogP contribution in [0, 0.1) is 6.92 Å². The quantitative estimate of drug-likeness (QED) is 0.723. The maximum atomic E-state index is 11.9. The summed E-state index contributed by atoms with van der Waals surface area (Å²) in [5.41, 5.74) is 0.500. The number of aliphatic hydroxyl groups excluding tert-OH is 2. The molecule has 5 nitrogen and oxygen atoms in total. The lowest BCUT2D eigenvalue weighted by Crippen LogP contribution is -2.40. The van der Waals surface area contributed by atoms with E-state index in [1.807, 2.05) is 0 Å². The van der Waals surface area contributed by atoms with Gasteiger partial charge in [0.25, 0.3) is 0 Å². The van der Waals surface area contributed by atoms with E-state index in [0.717, 1.165) is 0 Å². The lowest BCUT2D eigenvalue weighted by molar-refractivity contribution is 0.185. The van der Waals surface area contributed by atoms with Crippen LogP contribution in [0.15, 0.2) is 23.1 Å². The van der Waals surface area contributed by atoms with Gasteiger partial charge < -0.3 is 10.2 Å². The molecule has 0 amide bonds. The molecular weight excluding hydrogens is 266 g/mol. The van der Waals surface area contributed by atoms with E-state index in [2.05, 4.69) is 4.72 Å². The van der Waals surface area contributed by atoms with Crippen LogP contribution in [0.4, 0.5) is 0 Å². The summed E-state index contributed by atoms with van der Waals surface area (Å²) in [6.45, 7) is 0.679. The van der Waals surface area contributed by atoms with Gasteiger partial charge in [-0.05, 0) is 30.7 Å². The number of halogens is 1. The van der Waals surface area contributed by atoms with Crippen LogP contribution in [0.25, 0.3) is 0 Å². The van der Waals surface area contributed by atoms with E-state index in [1.54, 1.807) is 6.92 Å². The first-order valence-corrected chi connectivity index (χ1v) is 6.77. The molecule has 0 bridgehead atoms. The van der Waals surface area contributed by atoms with E-state index in [0.29, 0.717) is 10.6 Å². The summed E-state index contributed by atoms with van der Waals surface area (Å²) >= 11 is 5.73. The van der Waals surface area contributed by atoms with Crippen molar-refractivity contribution in [2.75, 3.05) is 13.2 Å².